The molecule has 0 aliphatic rings. The van der Waals surface area contributed by atoms with Crippen molar-refractivity contribution in [1.82, 2.24) is 0 Å². The second kappa shape index (κ2) is 9.18. The summed E-state index contributed by atoms with van der Waals surface area (Å²) in [6.45, 7) is 2.30. The minimum Gasteiger partial charge on any atom is -0.550 e. The van der Waals surface area contributed by atoms with Gasteiger partial charge in [-0.2, -0.15) is 0 Å². The van der Waals surface area contributed by atoms with Gasteiger partial charge in [-0.1, -0.05) is 19.1 Å². The molecular formula is C15H25NO5. The molecule has 0 aromatic heterocycles. The summed E-state index contributed by atoms with van der Waals surface area (Å²) in [5, 5.41) is 20.2. The Bertz CT molecular complexity index is 407. The van der Waals surface area contributed by atoms with Crippen molar-refractivity contribution >= 4 is 11.9 Å². The quantitative estimate of drug-likeness (QED) is 0.291. The molecule has 0 fully saturated rings. The normalized spacial score (nSPS) is 14.2. The monoisotopic (exact) mass is 299 g/mol. The molecule has 0 aliphatic carbocycles. The maximum atomic E-state index is 11.7. The van der Waals surface area contributed by atoms with Crippen LogP contribution in [0.25, 0.3) is 0 Å². The maximum Gasteiger partial charge on any atom is 0.313 e. The molecule has 0 amide bonds. The van der Waals surface area contributed by atoms with E-state index in [4.69, 9.17) is 4.74 Å². The number of carbonyl (C=O) groups is 2. The number of carbonyl (C=O) groups excluding carboxylic acids is 2. The summed E-state index contributed by atoms with van der Waals surface area (Å²) in [5.41, 5.74) is 0. The lowest BCUT2D eigenvalue weighted by atomic mass is 10.2. The molecule has 0 spiro atoms. The third-order valence-corrected chi connectivity index (χ3v) is 2.43. The van der Waals surface area contributed by atoms with Gasteiger partial charge in [0.05, 0.1) is 21.1 Å². The third kappa shape index (κ3) is 11.7. The van der Waals surface area contributed by atoms with Gasteiger partial charge in [-0.25, -0.2) is 0 Å². The van der Waals surface area contributed by atoms with Crippen LogP contribution in [-0.2, 0) is 14.3 Å². The fraction of sp³-hybridized carbons (Fsp3) is 0.600. The minimum atomic E-state index is -1.27. The fourth-order valence-electron chi connectivity index (χ4n) is 1.69. The molecule has 0 aromatic carbocycles. The molecule has 0 radical (unpaired) electrons. The highest BCUT2D eigenvalue weighted by Crippen LogP contribution is 2.08. The van der Waals surface area contributed by atoms with E-state index in [2.05, 4.69) is 0 Å². The zero-order valence-electron chi connectivity index (χ0n) is 13.2. The largest absolute Gasteiger partial charge is 0.550 e. The number of carboxylic acids is 1. The second-order valence-electron chi connectivity index (χ2n) is 5.83. The first kappa shape index (κ1) is 19.2. The van der Waals surface area contributed by atoms with Crippen molar-refractivity contribution in [1.29, 1.82) is 0 Å². The van der Waals surface area contributed by atoms with Crippen molar-refractivity contribution in [2.75, 3.05) is 27.7 Å². The fourth-order valence-corrected chi connectivity index (χ4v) is 1.69. The number of aliphatic hydroxyl groups excluding tert-OH is 1. The lowest BCUT2D eigenvalue weighted by Gasteiger charge is -2.29. The molecule has 0 saturated heterocycles. The van der Waals surface area contributed by atoms with E-state index in [-0.39, 0.29) is 18.6 Å². The van der Waals surface area contributed by atoms with Crippen molar-refractivity contribution in [2.45, 2.75) is 32.3 Å². The summed E-state index contributed by atoms with van der Waals surface area (Å²) >= 11 is 0. The van der Waals surface area contributed by atoms with Crippen molar-refractivity contribution in [3.05, 3.63) is 24.0 Å². The van der Waals surface area contributed by atoms with Gasteiger partial charge < -0.3 is 24.2 Å². The Morgan fingerprint density at radius 2 is 1.95 bits per heavy atom. The van der Waals surface area contributed by atoms with E-state index in [1.54, 1.807) is 6.08 Å². The van der Waals surface area contributed by atoms with Crippen LogP contribution in [0.5, 0.6) is 0 Å². The summed E-state index contributed by atoms with van der Waals surface area (Å²) < 4.78 is 5.56. The van der Waals surface area contributed by atoms with Crippen LogP contribution >= 0.6 is 0 Å². The zero-order chi connectivity index (χ0) is 16.5. The molecule has 21 heavy (non-hydrogen) atoms. The highest BCUT2D eigenvalue weighted by atomic mass is 16.5. The Balaban J connectivity index is 4.55. The first-order valence-electron chi connectivity index (χ1n) is 6.88. The highest BCUT2D eigenvalue weighted by Gasteiger charge is 2.22. The van der Waals surface area contributed by atoms with Crippen LogP contribution in [0.4, 0.5) is 0 Å². The van der Waals surface area contributed by atoms with Crippen LogP contribution in [0.2, 0.25) is 0 Å². The van der Waals surface area contributed by atoms with Gasteiger partial charge in [0, 0.05) is 12.4 Å². The molecule has 0 saturated carbocycles. The lowest BCUT2D eigenvalue weighted by Crippen LogP contribution is -2.45. The predicted molar refractivity (Wildman–Crippen MR) is 77.2 cm³/mol. The molecular weight excluding hydrogens is 274 g/mol. The maximum absolute atomic E-state index is 11.7. The summed E-state index contributed by atoms with van der Waals surface area (Å²) in [5.74, 6) is -2.05. The zero-order valence-corrected chi connectivity index (χ0v) is 13.2. The summed E-state index contributed by atoms with van der Waals surface area (Å²) in [7, 11) is 5.59. The first-order valence-corrected chi connectivity index (χ1v) is 6.88. The topological polar surface area (TPSA) is 86.7 Å². The van der Waals surface area contributed by atoms with Gasteiger partial charge in [0.1, 0.15) is 18.7 Å². The SMILES string of the molecule is CC/C=C/C=C(\O)CC(=O)OC(CC(=O)[O-])C[N+](C)(C)C. The average Bonchev–Trinajstić information content (AvgIpc) is 2.25. The molecule has 1 atom stereocenters. The van der Waals surface area contributed by atoms with E-state index < -0.39 is 18.0 Å². The van der Waals surface area contributed by atoms with Gasteiger partial charge in [0.15, 0.2) is 6.10 Å². The lowest BCUT2D eigenvalue weighted by molar-refractivity contribution is -0.873. The first-order chi connectivity index (χ1) is 9.64. The summed E-state index contributed by atoms with van der Waals surface area (Å²) in [6, 6.07) is 0. The summed E-state index contributed by atoms with van der Waals surface area (Å²) in [4.78, 5) is 22.4. The van der Waals surface area contributed by atoms with Crippen LogP contribution in [0.15, 0.2) is 24.0 Å². The van der Waals surface area contributed by atoms with Crippen molar-refractivity contribution < 1.29 is 29.0 Å². The minimum absolute atomic E-state index is 0.123. The van der Waals surface area contributed by atoms with Crippen molar-refractivity contribution in [3.63, 3.8) is 0 Å². The highest BCUT2D eigenvalue weighted by molar-refractivity contribution is 5.73. The van der Waals surface area contributed by atoms with E-state index in [9.17, 15) is 19.8 Å². The Morgan fingerprint density at radius 3 is 2.43 bits per heavy atom. The van der Waals surface area contributed by atoms with E-state index in [0.717, 1.165) is 6.42 Å². The molecule has 6 nitrogen and oxygen atoms in total. The molecule has 120 valence electrons. The third-order valence-electron chi connectivity index (χ3n) is 2.43. The number of carboxylic acid groups (broad SMARTS) is 1. The average molecular weight is 299 g/mol. The Morgan fingerprint density at radius 1 is 1.33 bits per heavy atom. The van der Waals surface area contributed by atoms with Gasteiger partial charge >= 0.3 is 5.97 Å². The van der Waals surface area contributed by atoms with E-state index in [1.807, 2.05) is 34.1 Å². The van der Waals surface area contributed by atoms with Gasteiger partial charge in [-0.3, -0.25) is 4.79 Å². The Labute approximate surface area is 125 Å². The molecule has 0 aromatic rings. The molecule has 1 unspecified atom stereocenters. The van der Waals surface area contributed by atoms with Crippen LogP contribution < -0.4 is 5.11 Å². The number of quaternary nitrogens is 1. The number of likely N-dealkylation sites (N-methyl/N-ethyl adjacent to an activating group) is 1. The van der Waals surface area contributed by atoms with Gasteiger partial charge in [0.2, 0.25) is 0 Å². The van der Waals surface area contributed by atoms with Crippen LogP contribution in [-0.4, -0.2) is 55.3 Å². The number of hydrogen-bond donors (Lipinski definition) is 1. The smallest absolute Gasteiger partial charge is 0.313 e. The van der Waals surface area contributed by atoms with Crippen molar-refractivity contribution in [2.24, 2.45) is 0 Å². The van der Waals surface area contributed by atoms with Crippen molar-refractivity contribution in [3.8, 4) is 0 Å². The number of hydrogen-bond acceptors (Lipinski definition) is 5. The molecule has 0 bridgehead atoms. The van der Waals surface area contributed by atoms with Gasteiger partial charge in [-0.15, -0.1) is 0 Å². The number of nitrogens with zero attached hydrogens (tertiary/aromatic N) is 1. The standard InChI is InChI=1S/C15H25NO5/c1-5-6-7-8-12(17)9-15(20)21-13(10-14(18)19)11-16(2,3)4/h6-8,13H,5,9-11H2,1-4H3,(H-,17,18,19)/b7-6+,12-8-. The molecule has 1 N–H and O–H groups in total. The molecule has 6 heteroatoms. The number of esters is 1. The number of ether oxygens (including phenoxy) is 1. The molecule has 0 heterocycles. The molecule has 0 rings (SSSR count). The predicted octanol–water partition coefficient (Wildman–Crippen LogP) is 0.543. The Kier molecular flexibility index (Phi) is 8.38. The number of allylic oxidation sites excluding steroid dienone is 3. The van der Waals surface area contributed by atoms with Crippen LogP contribution in [0.3, 0.4) is 0 Å². The number of aliphatic hydroxyl groups is 1. The number of aliphatic carboxylic acids is 1. The van der Waals surface area contributed by atoms with E-state index in [0.29, 0.717) is 11.0 Å². The van der Waals surface area contributed by atoms with Crippen LogP contribution in [0.1, 0.15) is 26.2 Å². The summed E-state index contributed by atoms with van der Waals surface area (Å²) in [6.07, 6.45) is 4.30. The van der Waals surface area contributed by atoms with Gasteiger partial charge in [0.25, 0.3) is 0 Å². The van der Waals surface area contributed by atoms with Crippen LogP contribution in [0, 0.1) is 0 Å². The molecule has 0 aliphatic heterocycles. The Hall–Kier alpha value is -1.82. The van der Waals surface area contributed by atoms with E-state index >= 15 is 0 Å². The number of rotatable bonds is 9. The van der Waals surface area contributed by atoms with Gasteiger partial charge in [-0.05, 0) is 12.5 Å². The second-order valence-corrected chi connectivity index (χ2v) is 5.83. The van der Waals surface area contributed by atoms with E-state index in [1.165, 1.54) is 6.08 Å².